The maximum atomic E-state index is 5.65. The van der Waals surface area contributed by atoms with Gasteiger partial charge in [0.2, 0.25) is 0 Å². The van der Waals surface area contributed by atoms with Gasteiger partial charge in [-0.25, -0.2) is 0 Å². The van der Waals surface area contributed by atoms with Crippen LogP contribution in [0.25, 0.3) is 0 Å². The van der Waals surface area contributed by atoms with Gasteiger partial charge in [-0.2, -0.15) is 0 Å². The molecule has 1 aromatic rings. The van der Waals surface area contributed by atoms with Crippen LogP contribution < -0.4 is 10.5 Å². The van der Waals surface area contributed by atoms with Crippen LogP contribution in [0.1, 0.15) is 25.8 Å². The molecule has 1 unspecified atom stereocenters. The first-order valence-electron chi connectivity index (χ1n) is 5.68. The molecule has 0 saturated carbocycles. The molecule has 2 nitrogen and oxygen atoms in total. The van der Waals surface area contributed by atoms with Crippen LogP contribution in [0.3, 0.4) is 0 Å². The molecule has 0 saturated heterocycles. The van der Waals surface area contributed by atoms with Gasteiger partial charge in [-0.05, 0) is 30.2 Å². The Kier molecular flexibility index (Phi) is 5.45. The predicted octanol–water partition coefficient (Wildman–Crippen LogP) is 2.42. The van der Waals surface area contributed by atoms with Crippen LogP contribution in [-0.2, 0) is 0 Å². The molecule has 1 rings (SSSR count). The van der Waals surface area contributed by atoms with E-state index in [4.69, 9.17) is 10.5 Å². The van der Waals surface area contributed by atoms with Crippen LogP contribution in [0.15, 0.2) is 24.3 Å². The highest BCUT2D eigenvalue weighted by molar-refractivity contribution is 5.38. The molecule has 2 heteroatoms. The normalized spacial score (nSPS) is 11.4. The van der Waals surface area contributed by atoms with Crippen molar-refractivity contribution in [3.8, 4) is 17.6 Å². The molecular weight excluding hydrogens is 198 g/mol. The summed E-state index contributed by atoms with van der Waals surface area (Å²) < 4.78 is 5.65. The minimum atomic E-state index is 0.395. The Labute approximate surface area is 97.8 Å². The summed E-state index contributed by atoms with van der Waals surface area (Å²) in [6, 6.07) is 7.80. The summed E-state index contributed by atoms with van der Waals surface area (Å²) in [6.45, 7) is 5.51. The summed E-state index contributed by atoms with van der Waals surface area (Å²) in [5.74, 6) is 7.29. The Morgan fingerprint density at radius 2 is 2.00 bits per heavy atom. The predicted molar refractivity (Wildman–Crippen MR) is 67.3 cm³/mol. The van der Waals surface area contributed by atoms with E-state index < -0.39 is 0 Å². The van der Waals surface area contributed by atoms with Crippen LogP contribution in [-0.4, -0.2) is 13.2 Å². The monoisotopic (exact) mass is 217 g/mol. The van der Waals surface area contributed by atoms with Crippen LogP contribution in [0.5, 0.6) is 5.75 Å². The van der Waals surface area contributed by atoms with Gasteiger partial charge in [0, 0.05) is 5.56 Å². The summed E-state index contributed by atoms with van der Waals surface area (Å²) in [5.41, 5.74) is 6.28. The lowest BCUT2D eigenvalue weighted by atomic mass is 10.1. The molecule has 0 bridgehead atoms. The highest BCUT2D eigenvalue weighted by Crippen LogP contribution is 2.13. The maximum absolute atomic E-state index is 5.65. The quantitative estimate of drug-likeness (QED) is 0.786. The van der Waals surface area contributed by atoms with E-state index in [1.807, 2.05) is 24.3 Å². The van der Waals surface area contributed by atoms with E-state index in [1.54, 1.807) is 0 Å². The van der Waals surface area contributed by atoms with E-state index in [1.165, 1.54) is 0 Å². The number of rotatable bonds is 4. The zero-order valence-corrected chi connectivity index (χ0v) is 9.99. The van der Waals surface area contributed by atoms with Crippen molar-refractivity contribution in [3.05, 3.63) is 29.8 Å². The maximum Gasteiger partial charge on any atom is 0.119 e. The third kappa shape index (κ3) is 4.37. The van der Waals surface area contributed by atoms with Crippen molar-refractivity contribution in [2.45, 2.75) is 20.3 Å². The van der Waals surface area contributed by atoms with Crippen molar-refractivity contribution in [3.63, 3.8) is 0 Å². The Bertz CT molecular complexity index is 359. The second kappa shape index (κ2) is 6.92. The summed E-state index contributed by atoms with van der Waals surface area (Å²) in [6.07, 6.45) is 1.14. The molecule has 0 spiro atoms. The van der Waals surface area contributed by atoms with E-state index >= 15 is 0 Å². The van der Waals surface area contributed by atoms with Gasteiger partial charge >= 0.3 is 0 Å². The molecule has 1 atom stereocenters. The van der Waals surface area contributed by atoms with E-state index in [0.29, 0.717) is 12.5 Å². The summed E-state index contributed by atoms with van der Waals surface area (Å²) >= 11 is 0. The minimum Gasteiger partial charge on any atom is -0.493 e. The van der Waals surface area contributed by atoms with E-state index in [0.717, 1.165) is 24.3 Å². The molecule has 0 aliphatic rings. The smallest absolute Gasteiger partial charge is 0.119 e. The largest absolute Gasteiger partial charge is 0.493 e. The second-order valence-corrected chi connectivity index (χ2v) is 3.85. The van der Waals surface area contributed by atoms with Gasteiger partial charge < -0.3 is 10.5 Å². The van der Waals surface area contributed by atoms with Crippen molar-refractivity contribution in [1.29, 1.82) is 0 Å². The first kappa shape index (κ1) is 12.6. The van der Waals surface area contributed by atoms with Crippen molar-refractivity contribution in [2.24, 2.45) is 11.7 Å². The highest BCUT2D eigenvalue weighted by Gasteiger charge is 1.99. The molecule has 0 aliphatic carbocycles. The Hall–Kier alpha value is -1.46. The van der Waals surface area contributed by atoms with Gasteiger partial charge in [0.15, 0.2) is 0 Å². The van der Waals surface area contributed by atoms with E-state index in [9.17, 15) is 0 Å². The molecule has 0 heterocycles. The van der Waals surface area contributed by atoms with E-state index in [-0.39, 0.29) is 0 Å². The fraction of sp³-hybridized carbons (Fsp3) is 0.429. The average molecular weight is 217 g/mol. The third-order valence-electron chi connectivity index (χ3n) is 2.42. The Morgan fingerprint density at radius 1 is 1.31 bits per heavy atom. The summed E-state index contributed by atoms with van der Waals surface area (Å²) in [4.78, 5) is 0. The number of nitrogens with two attached hydrogens (primary N) is 1. The molecule has 2 N–H and O–H groups in total. The molecule has 0 aliphatic heterocycles. The standard InChI is InChI=1S/C14H19NO/c1-3-12(2)11-16-14-8-6-13(7-9-14)5-4-10-15/h6-9,12H,3,10-11,15H2,1-2H3. The van der Waals surface area contributed by atoms with Crippen LogP contribution in [0.2, 0.25) is 0 Å². The van der Waals surface area contributed by atoms with Gasteiger partial charge in [0.05, 0.1) is 13.2 Å². The lowest BCUT2D eigenvalue weighted by Crippen LogP contribution is -2.06. The molecule has 16 heavy (non-hydrogen) atoms. The van der Waals surface area contributed by atoms with Crippen molar-refractivity contribution < 1.29 is 4.74 Å². The molecule has 0 radical (unpaired) electrons. The zero-order chi connectivity index (χ0) is 11.8. The lowest BCUT2D eigenvalue weighted by molar-refractivity contribution is 0.256. The number of hydrogen-bond donors (Lipinski definition) is 1. The molecule has 1 aromatic carbocycles. The fourth-order valence-electron chi connectivity index (χ4n) is 1.14. The fourth-order valence-corrected chi connectivity index (χ4v) is 1.14. The van der Waals surface area contributed by atoms with E-state index in [2.05, 4.69) is 25.7 Å². The molecule has 0 amide bonds. The minimum absolute atomic E-state index is 0.395. The van der Waals surface area contributed by atoms with Crippen molar-refractivity contribution >= 4 is 0 Å². The zero-order valence-electron chi connectivity index (χ0n) is 9.99. The topological polar surface area (TPSA) is 35.2 Å². The molecule has 86 valence electrons. The first-order valence-corrected chi connectivity index (χ1v) is 5.68. The van der Waals surface area contributed by atoms with Gasteiger partial charge in [-0.1, -0.05) is 32.1 Å². The van der Waals surface area contributed by atoms with Gasteiger partial charge in [0.25, 0.3) is 0 Å². The molecule has 0 aromatic heterocycles. The van der Waals surface area contributed by atoms with Crippen LogP contribution >= 0.6 is 0 Å². The number of ether oxygens (including phenoxy) is 1. The number of benzene rings is 1. The Morgan fingerprint density at radius 3 is 2.56 bits per heavy atom. The van der Waals surface area contributed by atoms with Gasteiger partial charge in [0.1, 0.15) is 5.75 Å². The Balaban J connectivity index is 2.51. The average Bonchev–Trinajstić information content (AvgIpc) is 2.34. The molecule has 0 fully saturated rings. The third-order valence-corrected chi connectivity index (χ3v) is 2.42. The SMILES string of the molecule is CCC(C)COc1ccc(C#CCN)cc1. The highest BCUT2D eigenvalue weighted by atomic mass is 16.5. The summed E-state index contributed by atoms with van der Waals surface area (Å²) in [7, 11) is 0. The summed E-state index contributed by atoms with van der Waals surface area (Å²) in [5, 5.41) is 0. The van der Waals surface area contributed by atoms with Crippen molar-refractivity contribution in [2.75, 3.05) is 13.2 Å². The number of hydrogen-bond acceptors (Lipinski definition) is 2. The second-order valence-electron chi connectivity index (χ2n) is 3.85. The van der Waals surface area contributed by atoms with Crippen LogP contribution in [0.4, 0.5) is 0 Å². The van der Waals surface area contributed by atoms with Gasteiger partial charge in [-0.3, -0.25) is 0 Å². The molecular formula is C14H19NO. The van der Waals surface area contributed by atoms with Crippen LogP contribution in [0, 0.1) is 17.8 Å². The first-order chi connectivity index (χ1) is 7.76. The lowest BCUT2D eigenvalue weighted by Gasteiger charge is -2.10. The van der Waals surface area contributed by atoms with Crippen molar-refractivity contribution in [1.82, 2.24) is 0 Å². The van der Waals surface area contributed by atoms with Gasteiger partial charge in [-0.15, -0.1) is 0 Å².